The van der Waals surface area contributed by atoms with E-state index in [1.54, 1.807) is 6.07 Å². The number of benzene rings is 1. The lowest BCUT2D eigenvalue weighted by Crippen LogP contribution is -2.12. The molecular formula is C12H15BrN2O3. The van der Waals surface area contributed by atoms with Crippen molar-refractivity contribution in [2.24, 2.45) is 0 Å². The van der Waals surface area contributed by atoms with Gasteiger partial charge in [0, 0.05) is 17.1 Å². The van der Waals surface area contributed by atoms with E-state index in [0.29, 0.717) is 11.0 Å². The number of hydrogen-bond acceptors (Lipinski definition) is 4. The van der Waals surface area contributed by atoms with E-state index in [9.17, 15) is 10.1 Å². The Morgan fingerprint density at radius 1 is 1.61 bits per heavy atom. The SMILES string of the molecule is C=C(Br)COc1ccc(CNCC)cc1[N+](=O)[O-]. The molecule has 0 bridgehead atoms. The Morgan fingerprint density at radius 2 is 2.33 bits per heavy atom. The minimum atomic E-state index is -0.443. The summed E-state index contributed by atoms with van der Waals surface area (Å²) in [4.78, 5) is 10.5. The summed E-state index contributed by atoms with van der Waals surface area (Å²) < 4.78 is 5.94. The Bertz CT molecular complexity index is 449. The number of rotatable bonds is 7. The van der Waals surface area contributed by atoms with Crippen molar-refractivity contribution in [2.45, 2.75) is 13.5 Å². The molecular weight excluding hydrogens is 300 g/mol. The zero-order chi connectivity index (χ0) is 13.5. The molecule has 1 rings (SSSR count). The van der Waals surface area contributed by atoms with Gasteiger partial charge in [-0.2, -0.15) is 0 Å². The van der Waals surface area contributed by atoms with Gasteiger partial charge in [-0.05, 0) is 18.2 Å². The number of halogens is 1. The maximum Gasteiger partial charge on any atom is 0.311 e. The summed E-state index contributed by atoms with van der Waals surface area (Å²) in [6.45, 7) is 7.21. The molecule has 1 N–H and O–H groups in total. The van der Waals surface area contributed by atoms with Crippen molar-refractivity contribution >= 4 is 21.6 Å². The lowest BCUT2D eigenvalue weighted by atomic mass is 10.2. The van der Waals surface area contributed by atoms with Gasteiger partial charge in [-0.15, -0.1) is 0 Å². The average molecular weight is 315 g/mol. The summed E-state index contributed by atoms with van der Waals surface area (Å²) >= 11 is 3.14. The third kappa shape index (κ3) is 4.46. The standard InChI is InChI=1S/C12H15BrN2O3/c1-3-14-7-10-4-5-12(18-8-9(2)13)11(6-10)15(16)17/h4-6,14H,2-3,7-8H2,1H3. The van der Waals surface area contributed by atoms with Crippen molar-refractivity contribution in [3.05, 3.63) is 44.9 Å². The van der Waals surface area contributed by atoms with Gasteiger partial charge < -0.3 is 10.1 Å². The molecule has 0 aliphatic carbocycles. The summed E-state index contributed by atoms with van der Waals surface area (Å²) in [5, 5.41) is 14.1. The largest absolute Gasteiger partial charge is 0.481 e. The fourth-order valence-corrected chi connectivity index (χ4v) is 1.48. The maximum atomic E-state index is 11.0. The van der Waals surface area contributed by atoms with Crippen LogP contribution in [-0.2, 0) is 6.54 Å². The minimum Gasteiger partial charge on any atom is -0.481 e. The van der Waals surface area contributed by atoms with Gasteiger partial charge in [-0.25, -0.2) is 0 Å². The van der Waals surface area contributed by atoms with Crippen LogP contribution >= 0.6 is 15.9 Å². The van der Waals surface area contributed by atoms with Crippen molar-refractivity contribution < 1.29 is 9.66 Å². The maximum absolute atomic E-state index is 11.0. The number of nitrogens with zero attached hydrogens (tertiary/aromatic N) is 1. The van der Waals surface area contributed by atoms with Crippen molar-refractivity contribution in [2.75, 3.05) is 13.2 Å². The summed E-state index contributed by atoms with van der Waals surface area (Å²) in [5.74, 6) is 0.251. The molecule has 0 aliphatic heterocycles. The third-order valence-electron chi connectivity index (χ3n) is 2.18. The fraction of sp³-hybridized carbons (Fsp3) is 0.333. The Labute approximate surface area is 114 Å². The minimum absolute atomic E-state index is 0.0286. The number of nitro benzene ring substituents is 1. The lowest BCUT2D eigenvalue weighted by Gasteiger charge is -2.08. The molecule has 0 amide bonds. The molecule has 6 heteroatoms. The van der Waals surface area contributed by atoms with Gasteiger partial charge >= 0.3 is 5.69 Å². The molecule has 1 aromatic carbocycles. The fourth-order valence-electron chi connectivity index (χ4n) is 1.36. The second-order valence-corrected chi connectivity index (χ2v) is 4.77. The normalized spacial score (nSPS) is 10.1. The first-order valence-corrected chi connectivity index (χ1v) is 6.28. The van der Waals surface area contributed by atoms with Gasteiger partial charge in [0.05, 0.1) is 4.92 Å². The smallest absolute Gasteiger partial charge is 0.311 e. The summed E-state index contributed by atoms with van der Waals surface area (Å²) in [5.41, 5.74) is 0.827. The summed E-state index contributed by atoms with van der Waals surface area (Å²) in [7, 11) is 0. The molecule has 98 valence electrons. The second kappa shape index (κ2) is 7.13. The lowest BCUT2D eigenvalue weighted by molar-refractivity contribution is -0.385. The molecule has 0 fully saturated rings. The van der Waals surface area contributed by atoms with Crippen LogP contribution in [0.4, 0.5) is 5.69 Å². The second-order valence-electron chi connectivity index (χ2n) is 3.65. The highest BCUT2D eigenvalue weighted by molar-refractivity contribution is 9.11. The van der Waals surface area contributed by atoms with E-state index in [2.05, 4.69) is 27.8 Å². The van der Waals surface area contributed by atoms with Crippen molar-refractivity contribution in [3.8, 4) is 5.75 Å². The number of ether oxygens (including phenoxy) is 1. The first kappa shape index (κ1) is 14.7. The van der Waals surface area contributed by atoms with Gasteiger partial charge in [0.1, 0.15) is 6.61 Å². The molecule has 0 radical (unpaired) electrons. The molecule has 0 heterocycles. The van der Waals surface area contributed by atoms with E-state index in [1.165, 1.54) is 6.07 Å². The van der Waals surface area contributed by atoms with E-state index in [4.69, 9.17) is 4.74 Å². The molecule has 1 aromatic rings. The first-order valence-electron chi connectivity index (χ1n) is 5.48. The Balaban J connectivity index is 2.89. The topological polar surface area (TPSA) is 64.4 Å². The zero-order valence-corrected chi connectivity index (χ0v) is 11.7. The van der Waals surface area contributed by atoms with Crippen LogP contribution in [0.1, 0.15) is 12.5 Å². The molecule has 18 heavy (non-hydrogen) atoms. The van der Waals surface area contributed by atoms with Crippen LogP contribution in [0.15, 0.2) is 29.3 Å². The molecule has 0 atom stereocenters. The van der Waals surface area contributed by atoms with Crippen LogP contribution in [-0.4, -0.2) is 18.1 Å². The quantitative estimate of drug-likeness (QED) is 0.620. The van der Waals surface area contributed by atoms with Crippen LogP contribution < -0.4 is 10.1 Å². The van der Waals surface area contributed by atoms with Crippen molar-refractivity contribution in [1.82, 2.24) is 5.32 Å². The van der Waals surface area contributed by atoms with E-state index in [0.717, 1.165) is 12.1 Å². The van der Waals surface area contributed by atoms with Crippen molar-refractivity contribution in [1.29, 1.82) is 0 Å². The molecule has 0 aromatic heterocycles. The van der Waals surface area contributed by atoms with Gasteiger partial charge in [-0.1, -0.05) is 35.5 Å². The summed E-state index contributed by atoms with van der Waals surface area (Å²) in [6.07, 6.45) is 0. The molecule has 0 aliphatic rings. The highest BCUT2D eigenvalue weighted by Crippen LogP contribution is 2.28. The van der Waals surface area contributed by atoms with E-state index in [1.807, 2.05) is 13.0 Å². The number of nitro groups is 1. The molecule has 0 saturated carbocycles. The number of hydrogen-bond donors (Lipinski definition) is 1. The third-order valence-corrected chi connectivity index (χ3v) is 2.41. The molecule has 5 nitrogen and oxygen atoms in total. The van der Waals surface area contributed by atoms with E-state index < -0.39 is 4.92 Å². The molecule has 0 spiro atoms. The van der Waals surface area contributed by atoms with Gasteiger partial charge in [0.2, 0.25) is 0 Å². The number of nitrogens with one attached hydrogen (secondary N) is 1. The van der Waals surface area contributed by atoms with Crippen LogP contribution in [0.25, 0.3) is 0 Å². The summed E-state index contributed by atoms with van der Waals surface area (Å²) in [6, 6.07) is 4.94. The van der Waals surface area contributed by atoms with Crippen LogP contribution in [0, 0.1) is 10.1 Å². The highest BCUT2D eigenvalue weighted by Gasteiger charge is 2.15. The highest BCUT2D eigenvalue weighted by atomic mass is 79.9. The van der Waals surface area contributed by atoms with Crippen LogP contribution in [0.3, 0.4) is 0 Å². The zero-order valence-electron chi connectivity index (χ0n) is 10.1. The Hall–Kier alpha value is -1.40. The van der Waals surface area contributed by atoms with Gasteiger partial charge in [-0.3, -0.25) is 10.1 Å². The predicted octanol–water partition coefficient (Wildman–Crippen LogP) is 2.99. The van der Waals surface area contributed by atoms with E-state index >= 15 is 0 Å². The molecule has 0 saturated heterocycles. The Kier molecular flexibility index (Phi) is 5.80. The average Bonchev–Trinajstić information content (AvgIpc) is 2.34. The molecule has 0 unspecified atom stereocenters. The van der Waals surface area contributed by atoms with Gasteiger partial charge in [0.15, 0.2) is 5.75 Å². The van der Waals surface area contributed by atoms with Crippen LogP contribution in [0.5, 0.6) is 5.75 Å². The predicted molar refractivity (Wildman–Crippen MR) is 74.0 cm³/mol. The van der Waals surface area contributed by atoms with Crippen molar-refractivity contribution in [3.63, 3.8) is 0 Å². The van der Waals surface area contributed by atoms with E-state index in [-0.39, 0.29) is 18.0 Å². The van der Waals surface area contributed by atoms with Crippen LogP contribution in [0.2, 0.25) is 0 Å². The van der Waals surface area contributed by atoms with Gasteiger partial charge in [0.25, 0.3) is 0 Å². The Morgan fingerprint density at radius 3 is 2.89 bits per heavy atom. The monoisotopic (exact) mass is 314 g/mol. The first-order chi connectivity index (χ1) is 8.54.